The van der Waals surface area contributed by atoms with E-state index in [1.54, 1.807) is 23.1 Å². The Morgan fingerprint density at radius 3 is 2.84 bits per heavy atom. The standard InChI is InChI=1S/C12H14F3NOS2/c13-12(14,15)8-11(17)16-4-3-10(19-7-5-16)9-2-1-6-18-9/h1-2,6,10H,3-5,7-8H2/t10-/m1/s1. The summed E-state index contributed by atoms with van der Waals surface area (Å²) >= 11 is 3.37. The lowest BCUT2D eigenvalue weighted by molar-refractivity contribution is -0.161. The highest BCUT2D eigenvalue weighted by Gasteiger charge is 2.34. The first kappa shape index (κ1) is 14.7. The van der Waals surface area contributed by atoms with Gasteiger partial charge < -0.3 is 4.90 Å². The summed E-state index contributed by atoms with van der Waals surface area (Å²) in [5.74, 6) is -0.119. The Kier molecular flexibility index (Phi) is 4.78. The van der Waals surface area contributed by atoms with Gasteiger partial charge in [0.25, 0.3) is 0 Å². The van der Waals surface area contributed by atoms with Gasteiger partial charge in [-0.15, -0.1) is 11.3 Å². The third-order valence-electron chi connectivity index (χ3n) is 2.91. The van der Waals surface area contributed by atoms with Crippen LogP contribution in [0.1, 0.15) is 23.0 Å². The van der Waals surface area contributed by atoms with Crippen LogP contribution in [0.5, 0.6) is 0 Å². The van der Waals surface area contributed by atoms with E-state index in [0.717, 1.165) is 6.42 Å². The van der Waals surface area contributed by atoms with Crippen molar-refractivity contribution in [3.05, 3.63) is 22.4 Å². The third-order valence-corrected chi connectivity index (χ3v) is 5.35. The van der Waals surface area contributed by atoms with Crippen LogP contribution in [0.25, 0.3) is 0 Å². The molecule has 2 rings (SSSR count). The molecule has 0 aromatic carbocycles. The smallest absolute Gasteiger partial charge is 0.342 e. The van der Waals surface area contributed by atoms with Crippen molar-refractivity contribution < 1.29 is 18.0 Å². The van der Waals surface area contributed by atoms with Crippen LogP contribution in [0.3, 0.4) is 0 Å². The Morgan fingerprint density at radius 1 is 1.42 bits per heavy atom. The normalized spacial score (nSPS) is 21.2. The van der Waals surface area contributed by atoms with Gasteiger partial charge in [0.05, 0.1) is 0 Å². The number of rotatable bonds is 2. The van der Waals surface area contributed by atoms with E-state index in [2.05, 4.69) is 0 Å². The second-order valence-electron chi connectivity index (χ2n) is 4.34. The van der Waals surface area contributed by atoms with E-state index in [4.69, 9.17) is 0 Å². The van der Waals surface area contributed by atoms with Gasteiger partial charge >= 0.3 is 6.18 Å². The molecule has 0 unspecified atom stereocenters. The zero-order valence-electron chi connectivity index (χ0n) is 10.2. The predicted molar refractivity (Wildman–Crippen MR) is 71.4 cm³/mol. The van der Waals surface area contributed by atoms with Gasteiger partial charge in [-0.1, -0.05) is 6.07 Å². The number of carbonyl (C=O) groups excluding carboxylic acids is 1. The quantitative estimate of drug-likeness (QED) is 0.830. The first-order valence-corrected chi connectivity index (χ1v) is 7.88. The maximum absolute atomic E-state index is 12.2. The van der Waals surface area contributed by atoms with Crippen LogP contribution in [0.4, 0.5) is 13.2 Å². The summed E-state index contributed by atoms with van der Waals surface area (Å²) in [6.45, 7) is 0.811. The highest BCUT2D eigenvalue weighted by molar-refractivity contribution is 7.99. The first-order chi connectivity index (χ1) is 8.96. The molecule has 1 aromatic heterocycles. The van der Waals surface area contributed by atoms with Gasteiger partial charge in [0.15, 0.2) is 0 Å². The van der Waals surface area contributed by atoms with Crippen LogP contribution in [0, 0.1) is 0 Å². The molecule has 0 N–H and O–H groups in total. The SMILES string of the molecule is O=C(CC(F)(F)F)N1CCS[C@@H](c2cccs2)CC1. The lowest BCUT2D eigenvalue weighted by atomic mass is 10.2. The molecule has 2 nitrogen and oxygen atoms in total. The molecule has 1 aliphatic heterocycles. The van der Waals surface area contributed by atoms with E-state index in [0.29, 0.717) is 24.1 Å². The maximum Gasteiger partial charge on any atom is 0.397 e. The lowest BCUT2D eigenvalue weighted by Crippen LogP contribution is -2.35. The number of halogens is 3. The molecule has 0 saturated carbocycles. The van der Waals surface area contributed by atoms with Crippen molar-refractivity contribution in [1.82, 2.24) is 4.90 Å². The first-order valence-electron chi connectivity index (χ1n) is 5.95. The molecule has 1 atom stereocenters. The van der Waals surface area contributed by atoms with Crippen LogP contribution >= 0.6 is 23.1 Å². The van der Waals surface area contributed by atoms with Crippen LogP contribution < -0.4 is 0 Å². The molecule has 1 aliphatic rings. The second-order valence-corrected chi connectivity index (χ2v) is 6.63. The van der Waals surface area contributed by atoms with Gasteiger partial charge in [-0.25, -0.2) is 0 Å². The summed E-state index contributed by atoms with van der Waals surface area (Å²) in [4.78, 5) is 14.1. The number of hydrogen-bond donors (Lipinski definition) is 0. The fourth-order valence-electron chi connectivity index (χ4n) is 2.00. The van der Waals surface area contributed by atoms with Crippen molar-refractivity contribution in [1.29, 1.82) is 0 Å². The Hall–Kier alpha value is -0.690. The average Bonchev–Trinajstić information content (AvgIpc) is 2.71. The van der Waals surface area contributed by atoms with Crippen molar-refractivity contribution in [2.45, 2.75) is 24.3 Å². The van der Waals surface area contributed by atoms with E-state index < -0.39 is 18.5 Å². The van der Waals surface area contributed by atoms with E-state index in [1.807, 2.05) is 17.5 Å². The summed E-state index contributed by atoms with van der Waals surface area (Å²) < 4.78 is 36.6. The molecule has 2 heterocycles. The Balaban J connectivity index is 1.91. The maximum atomic E-state index is 12.2. The minimum atomic E-state index is -4.41. The summed E-state index contributed by atoms with van der Waals surface area (Å²) in [6.07, 6.45) is -5.04. The molecule has 0 spiro atoms. The lowest BCUT2D eigenvalue weighted by Gasteiger charge is -2.20. The number of nitrogens with zero attached hydrogens (tertiary/aromatic N) is 1. The number of hydrogen-bond acceptors (Lipinski definition) is 3. The molecule has 19 heavy (non-hydrogen) atoms. The van der Waals surface area contributed by atoms with Crippen LogP contribution in [0.15, 0.2) is 17.5 Å². The fourth-order valence-corrected chi connectivity index (χ4v) is 4.24. The van der Waals surface area contributed by atoms with Crippen molar-refractivity contribution in [3.8, 4) is 0 Å². The second kappa shape index (κ2) is 6.17. The summed E-state index contributed by atoms with van der Waals surface area (Å²) in [6, 6.07) is 4.01. The van der Waals surface area contributed by atoms with Gasteiger partial charge in [-0.2, -0.15) is 24.9 Å². The summed E-state index contributed by atoms with van der Waals surface area (Å²) in [5, 5.41) is 2.29. The van der Waals surface area contributed by atoms with Crippen LogP contribution in [0.2, 0.25) is 0 Å². The molecule has 7 heteroatoms. The van der Waals surface area contributed by atoms with E-state index in [9.17, 15) is 18.0 Å². The Labute approximate surface area is 118 Å². The monoisotopic (exact) mass is 309 g/mol. The van der Waals surface area contributed by atoms with Crippen LogP contribution in [-0.4, -0.2) is 35.8 Å². The van der Waals surface area contributed by atoms with Gasteiger partial charge in [-0.05, 0) is 17.9 Å². The molecular weight excluding hydrogens is 295 g/mol. The van der Waals surface area contributed by atoms with Crippen molar-refractivity contribution in [3.63, 3.8) is 0 Å². The Bertz CT molecular complexity index is 419. The van der Waals surface area contributed by atoms with Crippen molar-refractivity contribution >= 4 is 29.0 Å². The molecule has 1 saturated heterocycles. The molecule has 0 radical (unpaired) electrons. The minimum absolute atomic E-state index is 0.295. The third kappa shape index (κ3) is 4.42. The van der Waals surface area contributed by atoms with Crippen molar-refractivity contribution in [2.75, 3.05) is 18.8 Å². The molecule has 1 aromatic rings. The highest BCUT2D eigenvalue weighted by atomic mass is 32.2. The molecular formula is C12H14F3NOS2. The van der Waals surface area contributed by atoms with E-state index >= 15 is 0 Å². The van der Waals surface area contributed by atoms with Gasteiger partial charge in [0, 0.05) is 29.0 Å². The predicted octanol–water partition coefficient (Wildman–Crippen LogP) is 3.71. The number of thiophene rings is 1. The van der Waals surface area contributed by atoms with E-state index in [1.165, 1.54) is 9.78 Å². The molecule has 1 fully saturated rings. The largest absolute Gasteiger partial charge is 0.397 e. The number of carbonyl (C=O) groups is 1. The Morgan fingerprint density at radius 2 is 2.21 bits per heavy atom. The van der Waals surface area contributed by atoms with Crippen LogP contribution in [-0.2, 0) is 4.79 Å². The zero-order valence-corrected chi connectivity index (χ0v) is 11.8. The van der Waals surface area contributed by atoms with E-state index in [-0.39, 0.29) is 0 Å². The van der Waals surface area contributed by atoms with Crippen molar-refractivity contribution in [2.24, 2.45) is 0 Å². The minimum Gasteiger partial charge on any atom is -0.342 e. The number of alkyl halides is 3. The van der Waals surface area contributed by atoms with Gasteiger partial charge in [0.2, 0.25) is 5.91 Å². The zero-order chi connectivity index (χ0) is 13.9. The average molecular weight is 309 g/mol. The molecule has 0 bridgehead atoms. The van der Waals surface area contributed by atoms with Gasteiger partial charge in [-0.3, -0.25) is 4.79 Å². The topological polar surface area (TPSA) is 20.3 Å². The molecule has 106 valence electrons. The summed E-state index contributed by atoms with van der Waals surface area (Å²) in [7, 11) is 0. The fraction of sp³-hybridized carbons (Fsp3) is 0.583. The number of amides is 1. The highest BCUT2D eigenvalue weighted by Crippen LogP contribution is 2.37. The summed E-state index contributed by atoms with van der Waals surface area (Å²) in [5.41, 5.74) is 0. The van der Waals surface area contributed by atoms with Gasteiger partial charge in [0.1, 0.15) is 6.42 Å². The molecule has 0 aliphatic carbocycles. The molecule has 1 amide bonds. The number of thioether (sulfide) groups is 1.